The van der Waals surface area contributed by atoms with E-state index in [1.165, 1.54) is 36.9 Å². The van der Waals surface area contributed by atoms with Crippen LogP contribution in [-0.2, 0) is 28.9 Å². The second kappa shape index (κ2) is 9.56. The first kappa shape index (κ1) is 25.1. The molecule has 0 aliphatic rings. The molecule has 0 aliphatic heterocycles. The predicted octanol–water partition coefficient (Wildman–Crippen LogP) is 2.51. The van der Waals surface area contributed by atoms with Gasteiger partial charge in [-0.15, -0.1) is 0 Å². The van der Waals surface area contributed by atoms with Crippen molar-refractivity contribution < 1.29 is 13.2 Å². The highest BCUT2D eigenvalue weighted by Crippen LogP contribution is 2.22. The van der Waals surface area contributed by atoms with Crippen LogP contribution >= 0.6 is 0 Å². The molecule has 4 rings (SSSR count). The van der Waals surface area contributed by atoms with E-state index >= 15 is 0 Å². The van der Waals surface area contributed by atoms with E-state index < -0.39 is 33.2 Å². The van der Waals surface area contributed by atoms with Crippen LogP contribution in [0.1, 0.15) is 22.7 Å². The largest absolute Gasteiger partial charge is 0.330 e. The first-order valence-corrected chi connectivity index (χ1v) is 12.6. The number of nitrogens with zero attached hydrogens (tertiary/aromatic N) is 2. The average molecular weight is 507 g/mol. The van der Waals surface area contributed by atoms with Crippen LogP contribution in [0.25, 0.3) is 10.9 Å². The normalized spacial score (nSPS) is 12.4. The summed E-state index contributed by atoms with van der Waals surface area (Å²) in [4.78, 5) is 37.9. The highest BCUT2D eigenvalue weighted by atomic mass is 32.2. The third-order valence-corrected chi connectivity index (χ3v) is 7.61. The SMILES string of the molecule is Cc1ccc(NC(=O)[C@H](NS(=O)(=O)c2ccc3c(c2)c(=O)n(C)c(=O)n3C)c2ccccc2)cc1C. The van der Waals surface area contributed by atoms with Crippen molar-refractivity contribution in [1.82, 2.24) is 13.9 Å². The summed E-state index contributed by atoms with van der Waals surface area (Å²) in [6.45, 7) is 3.87. The standard InChI is InChI=1S/C26H26N4O5S/c1-16-10-11-19(14-17(16)2)27-24(31)23(18-8-6-5-7-9-18)28-36(34,35)20-12-13-22-21(15-20)25(32)30(4)26(33)29(22)3/h5-15,23,28H,1-4H3,(H,27,31)/t23-/m1/s1. The summed E-state index contributed by atoms with van der Waals surface area (Å²) >= 11 is 0. The molecule has 4 aromatic rings. The zero-order valence-electron chi connectivity index (χ0n) is 20.3. The van der Waals surface area contributed by atoms with Crippen molar-refractivity contribution in [3.8, 4) is 0 Å². The molecular weight excluding hydrogens is 480 g/mol. The Kier molecular flexibility index (Phi) is 6.66. The first-order valence-electron chi connectivity index (χ1n) is 11.1. The van der Waals surface area contributed by atoms with Gasteiger partial charge in [-0.05, 0) is 60.9 Å². The topological polar surface area (TPSA) is 119 Å². The Morgan fingerprint density at radius 2 is 1.56 bits per heavy atom. The lowest BCUT2D eigenvalue weighted by Gasteiger charge is -2.20. The molecule has 10 heteroatoms. The van der Waals surface area contributed by atoms with Gasteiger partial charge in [0.25, 0.3) is 5.56 Å². The van der Waals surface area contributed by atoms with Crippen molar-refractivity contribution in [2.24, 2.45) is 14.1 Å². The molecule has 0 aliphatic carbocycles. The summed E-state index contributed by atoms with van der Waals surface area (Å²) in [5, 5.41) is 2.85. The molecule has 0 bridgehead atoms. The maximum absolute atomic E-state index is 13.4. The van der Waals surface area contributed by atoms with E-state index in [1.54, 1.807) is 36.4 Å². The van der Waals surface area contributed by atoms with Gasteiger partial charge in [0.15, 0.2) is 0 Å². The molecule has 2 N–H and O–H groups in total. The number of sulfonamides is 1. The van der Waals surface area contributed by atoms with Crippen LogP contribution in [0.3, 0.4) is 0 Å². The van der Waals surface area contributed by atoms with Crippen molar-refractivity contribution in [3.05, 3.63) is 104 Å². The summed E-state index contributed by atoms with van der Waals surface area (Å²) in [6, 6.07) is 16.6. The molecule has 0 radical (unpaired) electrons. The van der Waals surface area contributed by atoms with Gasteiger partial charge in [0.05, 0.1) is 15.8 Å². The molecule has 0 spiro atoms. The van der Waals surface area contributed by atoms with Crippen LogP contribution in [-0.4, -0.2) is 23.5 Å². The smallest absolute Gasteiger partial charge is 0.324 e. The number of carbonyl (C=O) groups is 1. The molecule has 36 heavy (non-hydrogen) atoms. The van der Waals surface area contributed by atoms with Crippen molar-refractivity contribution in [3.63, 3.8) is 0 Å². The van der Waals surface area contributed by atoms with Gasteiger partial charge in [0.2, 0.25) is 15.9 Å². The number of anilines is 1. The van der Waals surface area contributed by atoms with E-state index in [4.69, 9.17) is 0 Å². The maximum Gasteiger partial charge on any atom is 0.330 e. The number of aromatic nitrogens is 2. The molecule has 0 fully saturated rings. The van der Waals surface area contributed by atoms with E-state index in [0.717, 1.165) is 15.7 Å². The van der Waals surface area contributed by atoms with E-state index in [2.05, 4.69) is 10.0 Å². The van der Waals surface area contributed by atoms with Gasteiger partial charge in [0, 0.05) is 19.8 Å². The minimum atomic E-state index is -4.25. The quantitative estimate of drug-likeness (QED) is 0.417. The maximum atomic E-state index is 13.4. The number of aryl methyl sites for hydroxylation is 3. The lowest BCUT2D eigenvalue weighted by Crippen LogP contribution is -2.38. The van der Waals surface area contributed by atoms with Crippen molar-refractivity contribution in [2.45, 2.75) is 24.8 Å². The van der Waals surface area contributed by atoms with Gasteiger partial charge in [-0.25, -0.2) is 13.2 Å². The number of rotatable bonds is 6. The Labute approximate surface area is 208 Å². The number of hydrogen-bond acceptors (Lipinski definition) is 5. The summed E-state index contributed by atoms with van der Waals surface area (Å²) in [5.74, 6) is -0.563. The third-order valence-electron chi connectivity index (χ3n) is 6.19. The van der Waals surface area contributed by atoms with Crippen LogP contribution in [0.2, 0.25) is 0 Å². The Morgan fingerprint density at radius 3 is 2.22 bits per heavy atom. The van der Waals surface area contributed by atoms with E-state index in [1.807, 2.05) is 26.0 Å². The van der Waals surface area contributed by atoms with Gasteiger partial charge < -0.3 is 5.32 Å². The number of nitrogens with one attached hydrogen (secondary N) is 2. The van der Waals surface area contributed by atoms with Crippen LogP contribution in [0.4, 0.5) is 5.69 Å². The van der Waals surface area contributed by atoms with Crippen LogP contribution in [0.5, 0.6) is 0 Å². The van der Waals surface area contributed by atoms with Gasteiger partial charge in [-0.1, -0.05) is 36.4 Å². The van der Waals surface area contributed by atoms with Crippen molar-refractivity contribution >= 4 is 32.5 Å². The molecule has 9 nitrogen and oxygen atoms in total. The second-order valence-electron chi connectivity index (χ2n) is 8.64. The van der Waals surface area contributed by atoms with Crippen LogP contribution in [0.15, 0.2) is 81.2 Å². The zero-order valence-corrected chi connectivity index (χ0v) is 21.1. The minimum absolute atomic E-state index is 0.0679. The molecule has 1 heterocycles. The van der Waals surface area contributed by atoms with E-state index in [0.29, 0.717) is 16.8 Å². The monoisotopic (exact) mass is 506 g/mol. The van der Waals surface area contributed by atoms with Gasteiger partial charge in [-0.3, -0.25) is 18.7 Å². The second-order valence-corrected chi connectivity index (χ2v) is 10.4. The van der Waals surface area contributed by atoms with Gasteiger partial charge >= 0.3 is 5.69 Å². The summed E-state index contributed by atoms with van der Waals surface area (Å²) < 4.78 is 31.5. The van der Waals surface area contributed by atoms with Crippen molar-refractivity contribution in [1.29, 1.82) is 0 Å². The highest BCUT2D eigenvalue weighted by molar-refractivity contribution is 7.89. The molecule has 1 atom stereocenters. The summed E-state index contributed by atoms with van der Waals surface area (Å²) in [7, 11) is -1.43. The highest BCUT2D eigenvalue weighted by Gasteiger charge is 2.28. The molecule has 0 unspecified atom stereocenters. The van der Waals surface area contributed by atoms with Gasteiger partial charge in [-0.2, -0.15) is 4.72 Å². The number of carbonyl (C=O) groups excluding carboxylic acids is 1. The molecule has 0 saturated carbocycles. The summed E-state index contributed by atoms with van der Waals surface area (Å²) in [5.41, 5.74) is 2.20. The summed E-state index contributed by atoms with van der Waals surface area (Å²) in [6.07, 6.45) is 0. The lowest BCUT2D eigenvalue weighted by atomic mass is 10.1. The zero-order chi connectivity index (χ0) is 26.2. The fourth-order valence-electron chi connectivity index (χ4n) is 3.92. The van der Waals surface area contributed by atoms with E-state index in [-0.39, 0.29) is 10.3 Å². The predicted molar refractivity (Wildman–Crippen MR) is 138 cm³/mol. The fourth-order valence-corrected chi connectivity index (χ4v) is 5.13. The molecule has 3 aromatic carbocycles. The molecule has 1 aromatic heterocycles. The average Bonchev–Trinajstić information content (AvgIpc) is 2.87. The molecule has 1 amide bonds. The minimum Gasteiger partial charge on any atom is -0.324 e. The lowest BCUT2D eigenvalue weighted by molar-refractivity contribution is -0.117. The molecular formula is C26H26N4O5S. The number of fused-ring (bicyclic) bond motifs is 1. The first-order chi connectivity index (χ1) is 17.0. The third kappa shape index (κ3) is 4.73. The molecule has 0 saturated heterocycles. The Balaban J connectivity index is 1.74. The fraction of sp³-hybridized carbons (Fsp3) is 0.192. The Hall–Kier alpha value is -4.02. The van der Waals surface area contributed by atoms with E-state index in [9.17, 15) is 22.8 Å². The Morgan fingerprint density at radius 1 is 0.861 bits per heavy atom. The number of hydrogen-bond donors (Lipinski definition) is 2. The molecule has 186 valence electrons. The van der Waals surface area contributed by atoms with Crippen LogP contribution < -0.4 is 21.3 Å². The van der Waals surface area contributed by atoms with Gasteiger partial charge in [0.1, 0.15) is 6.04 Å². The number of benzene rings is 3. The number of amides is 1. The Bertz CT molecular complexity index is 1710. The van der Waals surface area contributed by atoms with Crippen LogP contribution in [0, 0.1) is 13.8 Å². The van der Waals surface area contributed by atoms with Crippen molar-refractivity contribution in [2.75, 3.05) is 5.32 Å².